The summed E-state index contributed by atoms with van der Waals surface area (Å²) in [5, 5.41) is 0. The van der Waals surface area contributed by atoms with Gasteiger partial charge in [0.25, 0.3) is 0 Å². The Labute approximate surface area is 220 Å². The standard InChI is InChI=1S/C30H38N2O5/c1-7-31-14-15-32(24-10-8-9-11-26(24)33-2)20-25(31)23-19-30(37-6)29(36-5)18-22(23)16-21-12-13-27(34-3)28(17-21)35-4/h8-13,17-19,25H,7,14-16,20H2,1-6H3. The number of hydrogen-bond donors (Lipinski definition) is 0. The minimum atomic E-state index is 0.165. The Bertz CT molecular complexity index is 1200. The monoisotopic (exact) mass is 506 g/mol. The van der Waals surface area contributed by atoms with Gasteiger partial charge >= 0.3 is 0 Å². The molecule has 1 saturated heterocycles. The van der Waals surface area contributed by atoms with Crippen LogP contribution in [0.4, 0.5) is 5.69 Å². The van der Waals surface area contributed by atoms with Gasteiger partial charge in [0.1, 0.15) is 5.75 Å². The minimum Gasteiger partial charge on any atom is -0.495 e. The summed E-state index contributed by atoms with van der Waals surface area (Å²) >= 11 is 0. The van der Waals surface area contributed by atoms with Crippen LogP contribution in [0.15, 0.2) is 54.6 Å². The summed E-state index contributed by atoms with van der Waals surface area (Å²) in [5.41, 5.74) is 4.67. The number of benzene rings is 3. The number of methoxy groups -OCH3 is 5. The third-order valence-corrected chi connectivity index (χ3v) is 7.17. The lowest BCUT2D eigenvalue weighted by molar-refractivity contribution is 0.185. The number of likely N-dealkylation sites (N-methyl/N-ethyl adjacent to an activating group) is 1. The number of piperazine rings is 1. The van der Waals surface area contributed by atoms with E-state index in [1.54, 1.807) is 35.5 Å². The van der Waals surface area contributed by atoms with E-state index in [0.717, 1.165) is 72.6 Å². The first-order valence-corrected chi connectivity index (χ1v) is 12.6. The molecule has 7 heteroatoms. The first-order chi connectivity index (χ1) is 18.1. The molecule has 3 aromatic carbocycles. The molecule has 198 valence electrons. The molecule has 0 radical (unpaired) electrons. The summed E-state index contributed by atoms with van der Waals surface area (Å²) in [4.78, 5) is 4.96. The minimum absolute atomic E-state index is 0.165. The first kappa shape index (κ1) is 26.5. The predicted molar refractivity (Wildman–Crippen MR) is 147 cm³/mol. The summed E-state index contributed by atoms with van der Waals surface area (Å²) < 4.78 is 28.1. The molecule has 0 spiro atoms. The lowest BCUT2D eigenvalue weighted by Gasteiger charge is -2.43. The largest absolute Gasteiger partial charge is 0.495 e. The maximum atomic E-state index is 5.74. The van der Waals surface area contributed by atoms with Crippen LogP contribution >= 0.6 is 0 Å². The zero-order chi connectivity index (χ0) is 26.4. The van der Waals surface area contributed by atoms with E-state index in [0.29, 0.717) is 0 Å². The maximum absolute atomic E-state index is 5.74. The molecule has 0 bridgehead atoms. The zero-order valence-corrected chi connectivity index (χ0v) is 22.7. The molecule has 0 N–H and O–H groups in total. The zero-order valence-electron chi connectivity index (χ0n) is 22.7. The van der Waals surface area contributed by atoms with Crippen molar-refractivity contribution in [3.63, 3.8) is 0 Å². The van der Waals surface area contributed by atoms with Crippen molar-refractivity contribution in [3.05, 3.63) is 71.3 Å². The molecule has 1 fully saturated rings. The molecule has 0 saturated carbocycles. The molecule has 3 aromatic rings. The SMILES string of the molecule is CCN1CCN(c2ccccc2OC)CC1c1cc(OC)c(OC)cc1Cc1ccc(OC)c(OC)c1. The quantitative estimate of drug-likeness (QED) is 0.374. The van der Waals surface area contributed by atoms with Crippen LogP contribution in [0, 0.1) is 0 Å². The summed E-state index contributed by atoms with van der Waals surface area (Å²) in [5.74, 6) is 3.79. The Hall–Kier alpha value is -3.58. The molecule has 37 heavy (non-hydrogen) atoms. The first-order valence-electron chi connectivity index (χ1n) is 12.6. The van der Waals surface area contributed by atoms with E-state index >= 15 is 0 Å². The second-order valence-electron chi connectivity index (χ2n) is 9.03. The van der Waals surface area contributed by atoms with E-state index < -0.39 is 0 Å². The number of anilines is 1. The van der Waals surface area contributed by atoms with E-state index in [1.807, 2.05) is 24.3 Å². The average molecular weight is 507 g/mol. The van der Waals surface area contributed by atoms with Crippen molar-refractivity contribution in [3.8, 4) is 28.7 Å². The topological polar surface area (TPSA) is 52.6 Å². The molecule has 0 aromatic heterocycles. The molecular formula is C30H38N2O5. The molecule has 7 nitrogen and oxygen atoms in total. The molecule has 1 aliphatic rings. The van der Waals surface area contributed by atoms with E-state index in [4.69, 9.17) is 23.7 Å². The average Bonchev–Trinajstić information content (AvgIpc) is 2.96. The van der Waals surface area contributed by atoms with Crippen LogP contribution < -0.4 is 28.6 Å². The van der Waals surface area contributed by atoms with Gasteiger partial charge in [-0.25, -0.2) is 0 Å². The van der Waals surface area contributed by atoms with Gasteiger partial charge in [-0.05, 0) is 66.1 Å². The van der Waals surface area contributed by atoms with Crippen LogP contribution in [0.2, 0.25) is 0 Å². The Morgan fingerprint density at radius 2 is 1.35 bits per heavy atom. The number of ether oxygens (including phenoxy) is 5. The highest BCUT2D eigenvalue weighted by molar-refractivity contribution is 5.59. The molecule has 4 rings (SSSR count). The third-order valence-electron chi connectivity index (χ3n) is 7.17. The molecule has 0 amide bonds. The van der Waals surface area contributed by atoms with Gasteiger partial charge in [0, 0.05) is 19.6 Å². The third kappa shape index (κ3) is 5.57. The molecule has 1 unspecified atom stereocenters. The van der Waals surface area contributed by atoms with Gasteiger partial charge in [0.2, 0.25) is 0 Å². The summed E-state index contributed by atoms with van der Waals surface area (Å²) in [6.07, 6.45) is 0.721. The second kappa shape index (κ2) is 12.1. The van der Waals surface area contributed by atoms with Gasteiger partial charge < -0.3 is 28.6 Å². The highest BCUT2D eigenvalue weighted by Crippen LogP contribution is 2.40. The summed E-state index contributed by atoms with van der Waals surface area (Å²) in [7, 11) is 8.42. The normalized spacial score (nSPS) is 15.8. The van der Waals surface area contributed by atoms with E-state index in [9.17, 15) is 0 Å². The molecule has 1 atom stereocenters. The van der Waals surface area contributed by atoms with Gasteiger partial charge in [-0.2, -0.15) is 0 Å². The summed E-state index contributed by atoms with van der Waals surface area (Å²) in [6, 6.07) is 18.7. The number of para-hydroxylation sites is 2. The van der Waals surface area contributed by atoms with Crippen LogP contribution in [0.5, 0.6) is 28.7 Å². The van der Waals surface area contributed by atoms with Gasteiger partial charge in [-0.1, -0.05) is 25.1 Å². The number of hydrogen-bond acceptors (Lipinski definition) is 7. The van der Waals surface area contributed by atoms with E-state index in [-0.39, 0.29) is 6.04 Å². The van der Waals surface area contributed by atoms with Crippen molar-refractivity contribution in [1.29, 1.82) is 0 Å². The Kier molecular flexibility index (Phi) is 8.66. The van der Waals surface area contributed by atoms with Crippen molar-refractivity contribution in [2.75, 3.05) is 66.6 Å². The fraction of sp³-hybridized carbons (Fsp3) is 0.400. The molecule has 0 aliphatic carbocycles. The molecule has 1 aliphatic heterocycles. The van der Waals surface area contributed by atoms with Crippen LogP contribution in [0.1, 0.15) is 29.7 Å². The van der Waals surface area contributed by atoms with Gasteiger partial charge in [0.15, 0.2) is 23.0 Å². The van der Waals surface area contributed by atoms with E-state index in [1.165, 1.54) is 11.1 Å². The lowest BCUT2D eigenvalue weighted by Crippen LogP contribution is -2.48. The van der Waals surface area contributed by atoms with Gasteiger partial charge in [-0.15, -0.1) is 0 Å². The van der Waals surface area contributed by atoms with Crippen LogP contribution in [-0.2, 0) is 6.42 Å². The molecule has 1 heterocycles. The maximum Gasteiger partial charge on any atom is 0.161 e. The van der Waals surface area contributed by atoms with Crippen LogP contribution in [0.25, 0.3) is 0 Å². The van der Waals surface area contributed by atoms with Crippen molar-refractivity contribution < 1.29 is 23.7 Å². The van der Waals surface area contributed by atoms with Crippen LogP contribution in [0.3, 0.4) is 0 Å². The Balaban J connectivity index is 1.77. The van der Waals surface area contributed by atoms with Crippen LogP contribution in [-0.4, -0.2) is 66.6 Å². The number of rotatable bonds is 10. The Morgan fingerprint density at radius 1 is 0.703 bits per heavy atom. The molecular weight excluding hydrogens is 468 g/mol. The van der Waals surface area contributed by atoms with Gasteiger partial charge in [-0.3, -0.25) is 4.90 Å². The van der Waals surface area contributed by atoms with Crippen molar-refractivity contribution in [1.82, 2.24) is 4.90 Å². The van der Waals surface area contributed by atoms with Gasteiger partial charge in [0.05, 0.1) is 47.3 Å². The van der Waals surface area contributed by atoms with Crippen molar-refractivity contribution in [2.45, 2.75) is 19.4 Å². The van der Waals surface area contributed by atoms with Crippen molar-refractivity contribution >= 4 is 5.69 Å². The number of nitrogens with zero attached hydrogens (tertiary/aromatic N) is 2. The van der Waals surface area contributed by atoms with Crippen molar-refractivity contribution in [2.24, 2.45) is 0 Å². The lowest BCUT2D eigenvalue weighted by atomic mass is 9.91. The smallest absolute Gasteiger partial charge is 0.161 e. The second-order valence-corrected chi connectivity index (χ2v) is 9.03. The Morgan fingerprint density at radius 3 is 2.03 bits per heavy atom. The fourth-order valence-electron chi connectivity index (χ4n) is 5.21. The summed E-state index contributed by atoms with van der Waals surface area (Å²) in [6.45, 7) is 5.89. The predicted octanol–water partition coefficient (Wildman–Crippen LogP) is 5.20. The highest BCUT2D eigenvalue weighted by Gasteiger charge is 2.31. The highest BCUT2D eigenvalue weighted by atomic mass is 16.5. The fourth-order valence-corrected chi connectivity index (χ4v) is 5.21. The van der Waals surface area contributed by atoms with E-state index in [2.05, 4.69) is 47.1 Å².